The molecule has 4 heterocycles. The second-order valence-electron chi connectivity index (χ2n) is 7.85. The van der Waals surface area contributed by atoms with Crippen LogP contribution >= 0.6 is 11.8 Å². The van der Waals surface area contributed by atoms with Gasteiger partial charge in [-0.05, 0) is 38.1 Å². The molecule has 5 rings (SSSR count). The summed E-state index contributed by atoms with van der Waals surface area (Å²) in [5.41, 5.74) is 7.68. The third kappa shape index (κ3) is 4.41. The number of ether oxygens (including phenoxy) is 2. The second-order valence-corrected chi connectivity index (χ2v) is 10.7. The van der Waals surface area contributed by atoms with Gasteiger partial charge in [0.2, 0.25) is 16.8 Å². The molecule has 4 aromatic rings. The number of furan rings is 1. The third-order valence-electron chi connectivity index (χ3n) is 4.99. The fraction of sp³-hybridized carbons (Fsp3) is 0.286. The van der Waals surface area contributed by atoms with Crippen LogP contribution in [0.5, 0.6) is 11.5 Å². The smallest absolute Gasteiger partial charge is 0.231 e. The van der Waals surface area contributed by atoms with Crippen molar-refractivity contribution in [2.75, 3.05) is 18.3 Å². The van der Waals surface area contributed by atoms with Crippen molar-refractivity contribution in [3.63, 3.8) is 0 Å². The Morgan fingerprint density at radius 3 is 2.76 bits per heavy atom. The number of sulfonamides is 1. The lowest BCUT2D eigenvalue weighted by molar-refractivity contribution is 0.174. The van der Waals surface area contributed by atoms with E-state index in [-0.39, 0.29) is 31.0 Å². The molecule has 1 aromatic carbocycles. The van der Waals surface area contributed by atoms with Gasteiger partial charge in [-0.3, -0.25) is 0 Å². The van der Waals surface area contributed by atoms with Gasteiger partial charge in [-0.2, -0.15) is 0 Å². The average Bonchev–Trinajstić information content (AvgIpc) is 3.51. The zero-order valence-corrected chi connectivity index (χ0v) is 20.0. The lowest BCUT2D eigenvalue weighted by Crippen LogP contribution is -2.33. The van der Waals surface area contributed by atoms with Crippen LogP contribution in [0.1, 0.15) is 13.8 Å². The largest absolute Gasteiger partial charge is 0.464 e. The lowest BCUT2D eigenvalue weighted by Gasteiger charge is -2.13. The topological polar surface area (TPSA) is 147 Å². The third-order valence-corrected chi connectivity index (χ3v) is 7.59. The van der Waals surface area contributed by atoms with E-state index in [4.69, 9.17) is 19.6 Å². The van der Waals surface area contributed by atoms with Crippen molar-refractivity contribution in [1.82, 2.24) is 24.2 Å². The van der Waals surface area contributed by atoms with Gasteiger partial charge in [-0.15, -0.1) is 0 Å². The van der Waals surface area contributed by atoms with E-state index in [9.17, 15) is 8.42 Å². The second kappa shape index (κ2) is 8.81. The molecule has 0 radical (unpaired) electrons. The molecule has 34 heavy (non-hydrogen) atoms. The molecule has 178 valence electrons. The van der Waals surface area contributed by atoms with Crippen LogP contribution in [-0.2, 0) is 16.6 Å². The van der Waals surface area contributed by atoms with Gasteiger partial charge in [-0.25, -0.2) is 28.1 Å². The molecule has 0 bridgehead atoms. The van der Waals surface area contributed by atoms with Crippen molar-refractivity contribution in [2.24, 2.45) is 0 Å². The van der Waals surface area contributed by atoms with E-state index in [2.05, 4.69) is 19.7 Å². The molecule has 1 aliphatic rings. The highest BCUT2D eigenvalue weighted by atomic mass is 32.2. The fourth-order valence-electron chi connectivity index (χ4n) is 3.57. The molecular formula is C21H22N6O5S2. The van der Waals surface area contributed by atoms with E-state index in [1.807, 2.05) is 18.2 Å². The molecule has 0 amide bonds. The molecule has 3 aromatic heterocycles. The number of nitrogen functional groups attached to an aromatic ring is 1. The predicted molar refractivity (Wildman–Crippen MR) is 126 cm³/mol. The van der Waals surface area contributed by atoms with Crippen molar-refractivity contribution < 1.29 is 22.3 Å². The summed E-state index contributed by atoms with van der Waals surface area (Å²) >= 11 is 1.32. The maximum atomic E-state index is 12.5. The lowest BCUT2D eigenvalue weighted by atomic mass is 10.1. The molecule has 0 unspecified atom stereocenters. The van der Waals surface area contributed by atoms with Crippen molar-refractivity contribution in [3.05, 3.63) is 36.9 Å². The Hall–Kier alpha value is -3.29. The number of hydrogen-bond acceptors (Lipinski definition) is 10. The van der Waals surface area contributed by atoms with E-state index in [1.54, 1.807) is 30.7 Å². The first-order valence-corrected chi connectivity index (χ1v) is 12.9. The molecule has 0 aliphatic carbocycles. The standard InChI is InChI=1S/C21H22N6O5S2/c1-12(2)26-34(28,29)7-5-27-20-18(19(22)23-10-24-20)25-21(27)33-17-9-16-15(31-11-32-16)8-13(17)14-4-3-6-30-14/h3-4,6,8-10,12,26H,5,7,11H2,1-2H3,(H2,22,23,24). The Morgan fingerprint density at radius 2 is 2.03 bits per heavy atom. The Kier molecular flexibility index (Phi) is 5.83. The quantitative estimate of drug-likeness (QED) is 0.368. The summed E-state index contributed by atoms with van der Waals surface area (Å²) in [5, 5.41) is 0.508. The summed E-state index contributed by atoms with van der Waals surface area (Å²) in [6.45, 7) is 3.80. The van der Waals surface area contributed by atoms with Gasteiger partial charge in [0, 0.05) is 23.0 Å². The Labute approximate surface area is 199 Å². The van der Waals surface area contributed by atoms with Gasteiger partial charge in [-0.1, -0.05) is 11.8 Å². The van der Waals surface area contributed by atoms with Crippen molar-refractivity contribution >= 4 is 38.8 Å². The highest BCUT2D eigenvalue weighted by Gasteiger charge is 2.24. The molecule has 1 aliphatic heterocycles. The predicted octanol–water partition coefficient (Wildman–Crippen LogP) is 2.88. The Bertz CT molecular complexity index is 1450. The van der Waals surface area contributed by atoms with Gasteiger partial charge < -0.3 is 24.2 Å². The summed E-state index contributed by atoms with van der Waals surface area (Å²) in [7, 11) is -3.51. The van der Waals surface area contributed by atoms with Gasteiger partial charge in [0.1, 0.15) is 12.1 Å². The normalized spacial score (nSPS) is 13.3. The minimum absolute atomic E-state index is 0.123. The molecule has 0 spiro atoms. The van der Waals surface area contributed by atoms with Crippen LogP contribution in [0, 0.1) is 0 Å². The Balaban J connectivity index is 1.57. The first-order valence-electron chi connectivity index (χ1n) is 10.4. The minimum Gasteiger partial charge on any atom is -0.464 e. The summed E-state index contributed by atoms with van der Waals surface area (Å²) in [4.78, 5) is 13.8. The van der Waals surface area contributed by atoms with E-state index in [0.29, 0.717) is 33.6 Å². The van der Waals surface area contributed by atoms with Gasteiger partial charge in [0.25, 0.3) is 0 Å². The van der Waals surface area contributed by atoms with Crippen molar-refractivity contribution in [1.29, 1.82) is 0 Å². The number of rotatable bonds is 8. The monoisotopic (exact) mass is 502 g/mol. The molecule has 0 saturated heterocycles. The molecule has 0 fully saturated rings. The van der Waals surface area contributed by atoms with Crippen LogP contribution in [0.4, 0.5) is 5.82 Å². The molecule has 11 nitrogen and oxygen atoms in total. The Morgan fingerprint density at radius 1 is 1.24 bits per heavy atom. The number of aryl methyl sites for hydroxylation is 1. The SMILES string of the molecule is CC(C)NS(=O)(=O)CCn1c(Sc2cc3c(cc2-c2ccco2)OCO3)nc2c(N)ncnc21. The summed E-state index contributed by atoms with van der Waals surface area (Å²) in [6, 6.07) is 7.13. The van der Waals surface area contributed by atoms with E-state index in [0.717, 1.165) is 10.5 Å². The fourth-order valence-corrected chi connectivity index (χ4v) is 5.89. The van der Waals surface area contributed by atoms with Crippen molar-refractivity contribution in [2.45, 2.75) is 36.5 Å². The number of anilines is 1. The van der Waals surface area contributed by atoms with Crippen LogP contribution in [0.2, 0.25) is 0 Å². The maximum Gasteiger partial charge on any atom is 0.231 e. The average molecular weight is 503 g/mol. The van der Waals surface area contributed by atoms with E-state index >= 15 is 0 Å². The summed E-state index contributed by atoms with van der Waals surface area (Å²) in [5.74, 6) is 1.92. The molecule has 13 heteroatoms. The molecule has 0 atom stereocenters. The van der Waals surface area contributed by atoms with Crippen LogP contribution in [0.3, 0.4) is 0 Å². The number of nitrogens with zero attached hydrogens (tertiary/aromatic N) is 4. The summed E-state index contributed by atoms with van der Waals surface area (Å²) in [6.07, 6.45) is 2.92. The first-order chi connectivity index (χ1) is 16.3. The van der Waals surface area contributed by atoms with E-state index < -0.39 is 10.0 Å². The number of benzene rings is 1. The van der Waals surface area contributed by atoms with Crippen LogP contribution in [0.15, 0.2) is 51.3 Å². The van der Waals surface area contributed by atoms with Crippen molar-refractivity contribution in [3.8, 4) is 22.8 Å². The molecule has 3 N–H and O–H groups in total. The number of hydrogen-bond donors (Lipinski definition) is 2. The highest BCUT2D eigenvalue weighted by Crippen LogP contribution is 2.45. The number of imidazole rings is 1. The minimum atomic E-state index is -3.51. The highest BCUT2D eigenvalue weighted by molar-refractivity contribution is 7.99. The van der Waals surface area contributed by atoms with E-state index in [1.165, 1.54) is 18.1 Å². The van der Waals surface area contributed by atoms with Gasteiger partial charge >= 0.3 is 0 Å². The zero-order chi connectivity index (χ0) is 23.9. The zero-order valence-electron chi connectivity index (χ0n) is 18.4. The number of nitrogens with one attached hydrogen (secondary N) is 1. The van der Waals surface area contributed by atoms with Gasteiger partial charge in [0.15, 0.2) is 33.6 Å². The first kappa shape index (κ1) is 22.5. The van der Waals surface area contributed by atoms with Crippen LogP contribution in [-0.4, -0.2) is 46.5 Å². The summed E-state index contributed by atoms with van der Waals surface area (Å²) < 4.78 is 46.0. The number of nitrogens with two attached hydrogens (primary N) is 1. The molecular weight excluding hydrogens is 480 g/mol. The van der Waals surface area contributed by atoms with Gasteiger partial charge in [0.05, 0.1) is 12.0 Å². The number of fused-ring (bicyclic) bond motifs is 2. The number of aromatic nitrogens is 4. The maximum absolute atomic E-state index is 12.5. The van der Waals surface area contributed by atoms with Crippen LogP contribution in [0.25, 0.3) is 22.5 Å². The van der Waals surface area contributed by atoms with Crippen LogP contribution < -0.4 is 19.9 Å². The molecule has 0 saturated carbocycles.